The molecule has 2 nitrogen and oxygen atoms in total. The minimum atomic E-state index is 0.124. The number of halogens is 3. The van der Waals surface area contributed by atoms with Gasteiger partial charge < -0.3 is 10.1 Å². The Labute approximate surface area is 151 Å². The van der Waals surface area contributed by atoms with Gasteiger partial charge in [0.2, 0.25) is 0 Å². The second-order valence-electron chi connectivity index (χ2n) is 5.75. The van der Waals surface area contributed by atoms with E-state index in [1.165, 1.54) is 5.56 Å². The molecular formula is C18H18Cl3NO. The predicted octanol–water partition coefficient (Wildman–Crippen LogP) is 5.31. The van der Waals surface area contributed by atoms with E-state index in [0.29, 0.717) is 22.6 Å². The number of hydrogen-bond acceptors (Lipinski definition) is 2. The minimum Gasteiger partial charge on any atom is -0.372 e. The average Bonchev–Trinajstić information content (AvgIpc) is 2.57. The maximum Gasteiger partial charge on any atom is 0.0772 e. The van der Waals surface area contributed by atoms with Gasteiger partial charge in [-0.3, -0.25) is 0 Å². The van der Waals surface area contributed by atoms with Crippen molar-refractivity contribution in [3.05, 3.63) is 68.7 Å². The van der Waals surface area contributed by atoms with Crippen molar-refractivity contribution in [2.45, 2.75) is 25.0 Å². The Morgan fingerprint density at radius 2 is 1.78 bits per heavy atom. The lowest BCUT2D eigenvalue weighted by atomic mass is 9.88. The van der Waals surface area contributed by atoms with Crippen LogP contribution < -0.4 is 5.32 Å². The summed E-state index contributed by atoms with van der Waals surface area (Å²) in [5, 5.41) is 5.29. The Morgan fingerprint density at radius 1 is 1.00 bits per heavy atom. The molecule has 122 valence electrons. The molecule has 1 fully saturated rings. The van der Waals surface area contributed by atoms with Crippen LogP contribution in [0.2, 0.25) is 15.1 Å². The van der Waals surface area contributed by atoms with Gasteiger partial charge in [0.1, 0.15) is 0 Å². The maximum atomic E-state index is 6.16. The molecule has 0 radical (unpaired) electrons. The molecule has 2 unspecified atom stereocenters. The molecule has 2 aromatic rings. The van der Waals surface area contributed by atoms with Crippen LogP contribution in [0.3, 0.4) is 0 Å². The molecule has 2 aromatic carbocycles. The van der Waals surface area contributed by atoms with E-state index in [1.807, 2.05) is 24.3 Å². The van der Waals surface area contributed by atoms with Crippen LogP contribution in [-0.4, -0.2) is 19.2 Å². The molecule has 5 heteroatoms. The minimum absolute atomic E-state index is 0.124. The molecule has 2 atom stereocenters. The summed E-state index contributed by atoms with van der Waals surface area (Å²) in [6.45, 7) is 2.36. The molecule has 0 amide bonds. The van der Waals surface area contributed by atoms with Crippen LogP contribution in [0.5, 0.6) is 0 Å². The first kappa shape index (κ1) is 17.1. The van der Waals surface area contributed by atoms with Crippen molar-refractivity contribution in [2.24, 2.45) is 0 Å². The molecule has 3 rings (SSSR count). The Balaban J connectivity index is 1.69. The van der Waals surface area contributed by atoms with E-state index in [9.17, 15) is 0 Å². The first-order valence-corrected chi connectivity index (χ1v) is 8.78. The molecule has 1 aliphatic heterocycles. The number of piperidine rings is 1. The van der Waals surface area contributed by atoms with E-state index in [0.717, 1.165) is 30.1 Å². The lowest BCUT2D eigenvalue weighted by Crippen LogP contribution is -2.40. The van der Waals surface area contributed by atoms with E-state index in [-0.39, 0.29) is 6.10 Å². The zero-order valence-electron chi connectivity index (χ0n) is 12.6. The van der Waals surface area contributed by atoms with Crippen LogP contribution >= 0.6 is 34.8 Å². The second-order valence-corrected chi connectivity index (χ2v) is 7.00. The summed E-state index contributed by atoms with van der Waals surface area (Å²) in [6, 6.07) is 13.7. The van der Waals surface area contributed by atoms with Crippen LogP contribution in [0, 0.1) is 0 Å². The molecule has 0 aliphatic carbocycles. The monoisotopic (exact) mass is 369 g/mol. The molecule has 0 spiro atoms. The van der Waals surface area contributed by atoms with Gasteiger partial charge in [-0.15, -0.1) is 0 Å². The molecule has 1 saturated heterocycles. The van der Waals surface area contributed by atoms with Crippen molar-refractivity contribution in [1.82, 2.24) is 5.32 Å². The summed E-state index contributed by atoms with van der Waals surface area (Å²) in [5.41, 5.74) is 2.30. The standard InChI is InChI=1S/C18H18Cl3NO/c19-14-4-2-13(3-5-14)15-7-8-22-10-18(15)23-11-12-1-6-16(20)17(21)9-12/h1-6,9,15,18,22H,7-8,10-11H2. The highest BCUT2D eigenvalue weighted by Gasteiger charge is 2.27. The van der Waals surface area contributed by atoms with Crippen LogP contribution in [0.15, 0.2) is 42.5 Å². The zero-order valence-corrected chi connectivity index (χ0v) is 14.8. The molecule has 1 heterocycles. The highest BCUT2D eigenvalue weighted by atomic mass is 35.5. The van der Waals surface area contributed by atoms with Gasteiger partial charge in [-0.2, -0.15) is 0 Å². The Kier molecular flexibility index (Phi) is 5.84. The smallest absolute Gasteiger partial charge is 0.0772 e. The lowest BCUT2D eigenvalue weighted by molar-refractivity contribution is 0.0106. The van der Waals surface area contributed by atoms with E-state index >= 15 is 0 Å². The fourth-order valence-corrected chi connectivity index (χ4v) is 3.38. The van der Waals surface area contributed by atoms with E-state index in [1.54, 1.807) is 6.07 Å². The third-order valence-corrected chi connectivity index (χ3v) is 5.16. The Morgan fingerprint density at radius 3 is 2.52 bits per heavy atom. The molecular weight excluding hydrogens is 353 g/mol. The van der Waals surface area contributed by atoms with Gasteiger partial charge in [0.15, 0.2) is 0 Å². The van der Waals surface area contributed by atoms with Crippen molar-refractivity contribution < 1.29 is 4.74 Å². The largest absolute Gasteiger partial charge is 0.372 e. The number of rotatable bonds is 4. The summed E-state index contributed by atoms with van der Waals surface area (Å²) in [7, 11) is 0. The number of nitrogens with one attached hydrogen (secondary N) is 1. The van der Waals surface area contributed by atoms with Crippen LogP contribution in [0.1, 0.15) is 23.5 Å². The van der Waals surface area contributed by atoms with Crippen molar-refractivity contribution >= 4 is 34.8 Å². The summed E-state index contributed by atoms with van der Waals surface area (Å²) in [4.78, 5) is 0. The first-order chi connectivity index (χ1) is 11.1. The third kappa shape index (κ3) is 4.40. The van der Waals surface area contributed by atoms with Gasteiger partial charge in [0.25, 0.3) is 0 Å². The second kappa shape index (κ2) is 7.87. The van der Waals surface area contributed by atoms with Crippen LogP contribution in [-0.2, 0) is 11.3 Å². The molecule has 1 aliphatic rings. The van der Waals surface area contributed by atoms with Gasteiger partial charge in [-0.05, 0) is 48.4 Å². The Hall–Kier alpha value is -0.770. The van der Waals surface area contributed by atoms with Gasteiger partial charge in [0, 0.05) is 17.5 Å². The van der Waals surface area contributed by atoms with Crippen LogP contribution in [0.4, 0.5) is 0 Å². The zero-order chi connectivity index (χ0) is 16.2. The third-order valence-electron chi connectivity index (χ3n) is 4.17. The normalized spacial score (nSPS) is 21.3. The Bertz CT molecular complexity index is 660. The molecule has 0 saturated carbocycles. The highest BCUT2D eigenvalue weighted by molar-refractivity contribution is 6.42. The summed E-state index contributed by atoms with van der Waals surface area (Å²) >= 11 is 18.0. The van der Waals surface area contributed by atoms with E-state index in [4.69, 9.17) is 39.5 Å². The van der Waals surface area contributed by atoms with Gasteiger partial charge in [-0.1, -0.05) is 53.0 Å². The highest BCUT2D eigenvalue weighted by Crippen LogP contribution is 2.30. The maximum absolute atomic E-state index is 6.16. The first-order valence-electron chi connectivity index (χ1n) is 7.65. The van der Waals surface area contributed by atoms with E-state index in [2.05, 4.69) is 17.4 Å². The topological polar surface area (TPSA) is 21.3 Å². The summed E-state index contributed by atoms with van der Waals surface area (Å²) < 4.78 is 6.16. The van der Waals surface area contributed by atoms with Crippen molar-refractivity contribution in [2.75, 3.05) is 13.1 Å². The van der Waals surface area contributed by atoms with Crippen molar-refractivity contribution in [1.29, 1.82) is 0 Å². The fraction of sp³-hybridized carbons (Fsp3) is 0.333. The molecule has 1 N–H and O–H groups in total. The predicted molar refractivity (Wildman–Crippen MR) is 96.7 cm³/mol. The van der Waals surface area contributed by atoms with Crippen molar-refractivity contribution in [3.8, 4) is 0 Å². The SMILES string of the molecule is Clc1ccc(C2CCNCC2OCc2ccc(Cl)c(Cl)c2)cc1. The van der Waals surface area contributed by atoms with Gasteiger partial charge >= 0.3 is 0 Å². The molecule has 23 heavy (non-hydrogen) atoms. The lowest BCUT2D eigenvalue weighted by Gasteiger charge is -2.32. The van der Waals surface area contributed by atoms with Crippen LogP contribution in [0.25, 0.3) is 0 Å². The molecule has 0 bridgehead atoms. The number of benzene rings is 2. The quantitative estimate of drug-likeness (QED) is 0.787. The molecule has 0 aromatic heterocycles. The summed E-state index contributed by atoms with van der Waals surface area (Å²) in [6.07, 6.45) is 1.17. The van der Waals surface area contributed by atoms with Crippen molar-refractivity contribution in [3.63, 3.8) is 0 Å². The fourth-order valence-electron chi connectivity index (χ4n) is 2.93. The average molecular weight is 371 g/mol. The van der Waals surface area contributed by atoms with Gasteiger partial charge in [0.05, 0.1) is 22.8 Å². The van der Waals surface area contributed by atoms with E-state index < -0.39 is 0 Å². The summed E-state index contributed by atoms with van der Waals surface area (Å²) in [5.74, 6) is 0.372. The van der Waals surface area contributed by atoms with Gasteiger partial charge in [-0.25, -0.2) is 0 Å². The number of hydrogen-bond donors (Lipinski definition) is 1. The number of ether oxygens (including phenoxy) is 1.